The molecule has 15 heteroatoms. The third kappa shape index (κ3) is 9.88. The molecule has 0 fully saturated rings. The average Bonchev–Trinajstić information content (AvgIpc) is 2.99. The average molecular weight is 643 g/mol. The van der Waals surface area contributed by atoms with E-state index in [0.717, 1.165) is 10.4 Å². The predicted octanol–water partition coefficient (Wildman–Crippen LogP) is 3.01. The maximum absolute atomic E-state index is 13.2. The van der Waals surface area contributed by atoms with Crippen molar-refractivity contribution in [1.82, 2.24) is 30.9 Å². The summed E-state index contributed by atoms with van der Waals surface area (Å²) < 4.78 is 32.7. The minimum absolute atomic E-state index is 0.112. The Morgan fingerprint density at radius 1 is 0.860 bits per heavy atom. The van der Waals surface area contributed by atoms with Gasteiger partial charge in [-0.15, -0.1) is 0 Å². The lowest BCUT2D eigenvalue weighted by Gasteiger charge is -2.18. The van der Waals surface area contributed by atoms with Gasteiger partial charge in [-0.3, -0.25) is 28.9 Å². The smallest absolute Gasteiger partial charge is 0.267 e. The molecule has 0 bridgehead atoms. The Hall–Kier alpha value is -3.79. The molecule has 226 valence electrons. The van der Waals surface area contributed by atoms with Crippen LogP contribution in [0.25, 0.3) is 21.8 Å². The Labute approximate surface area is 256 Å². The van der Waals surface area contributed by atoms with Crippen LogP contribution in [0.15, 0.2) is 72.1 Å². The fraction of sp³-hybridized carbons (Fsp3) is 0.286. The number of nitrogens with zero attached hydrogens (tertiary/aromatic N) is 3. The number of pyridine rings is 3. The standard InChI is InChI=1S/C28H30N6O6S3/c35-23(29-16-17-41-42-24-8-2-4-12-30-24)7-1-3-13-33-28(37)22(18-43(38,39)40)34-27(36)21-11-15-32-26-20(21)10-9-19-6-5-14-31-25(19)26/h2,4-6,8-12,14-15,22H,1,3,7,13,16-18H2,(H,29,35)(H,33,37)(H,34,36)(H,38,39,40). The number of carbonyl (C=O) groups excluding carboxylic acids is 3. The van der Waals surface area contributed by atoms with Crippen molar-refractivity contribution in [3.8, 4) is 0 Å². The van der Waals surface area contributed by atoms with E-state index < -0.39 is 33.7 Å². The maximum Gasteiger partial charge on any atom is 0.267 e. The highest BCUT2D eigenvalue weighted by atomic mass is 33.1. The van der Waals surface area contributed by atoms with Crippen LogP contribution in [0.2, 0.25) is 0 Å². The Morgan fingerprint density at radius 3 is 2.47 bits per heavy atom. The number of nitrogens with one attached hydrogen (secondary N) is 3. The van der Waals surface area contributed by atoms with Crippen molar-refractivity contribution in [2.45, 2.75) is 30.3 Å². The van der Waals surface area contributed by atoms with E-state index in [1.807, 2.05) is 24.3 Å². The lowest BCUT2D eigenvalue weighted by Crippen LogP contribution is -2.50. The summed E-state index contributed by atoms with van der Waals surface area (Å²) in [5.41, 5.74) is 1.24. The highest BCUT2D eigenvalue weighted by Crippen LogP contribution is 2.28. The van der Waals surface area contributed by atoms with Gasteiger partial charge in [0.25, 0.3) is 16.0 Å². The van der Waals surface area contributed by atoms with Crippen LogP contribution < -0.4 is 16.0 Å². The van der Waals surface area contributed by atoms with Crippen molar-refractivity contribution < 1.29 is 27.4 Å². The summed E-state index contributed by atoms with van der Waals surface area (Å²) >= 11 is 0. The summed E-state index contributed by atoms with van der Waals surface area (Å²) in [7, 11) is -1.47. The second kappa shape index (κ2) is 15.6. The van der Waals surface area contributed by atoms with E-state index in [-0.39, 0.29) is 24.4 Å². The molecule has 43 heavy (non-hydrogen) atoms. The highest BCUT2D eigenvalue weighted by molar-refractivity contribution is 8.76. The summed E-state index contributed by atoms with van der Waals surface area (Å²) in [6.07, 6.45) is 5.96. The monoisotopic (exact) mass is 642 g/mol. The van der Waals surface area contributed by atoms with Gasteiger partial charge < -0.3 is 16.0 Å². The zero-order chi connectivity index (χ0) is 30.7. The Balaban J connectivity index is 1.24. The van der Waals surface area contributed by atoms with Crippen molar-refractivity contribution >= 4 is 71.2 Å². The van der Waals surface area contributed by atoms with Gasteiger partial charge in [0, 0.05) is 54.6 Å². The van der Waals surface area contributed by atoms with Crippen molar-refractivity contribution in [3.05, 3.63) is 72.7 Å². The molecular weight excluding hydrogens is 613 g/mol. The first kappa shape index (κ1) is 32.1. The molecule has 0 aliphatic carbocycles. The second-order valence-electron chi connectivity index (χ2n) is 9.34. The highest BCUT2D eigenvalue weighted by Gasteiger charge is 2.27. The summed E-state index contributed by atoms with van der Waals surface area (Å²) in [6, 6.07) is 12.7. The molecule has 3 heterocycles. The molecule has 0 radical (unpaired) electrons. The van der Waals surface area contributed by atoms with Crippen LogP contribution in [0.4, 0.5) is 0 Å². The van der Waals surface area contributed by atoms with Crippen LogP contribution in [-0.4, -0.2) is 76.3 Å². The van der Waals surface area contributed by atoms with Gasteiger partial charge in [0.15, 0.2) is 0 Å². The molecule has 1 unspecified atom stereocenters. The van der Waals surface area contributed by atoms with Crippen molar-refractivity contribution in [2.75, 3.05) is 24.6 Å². The van der Waals surface area contributed by atoms with Gasteiger partial charge in [-0.1, -0.05) is 35.1 Å². The number of aromatic nitrogens is 3. The third-order valence-electron chi connectivity index (χ3n) is 6.15. The quantitative estimate of drug-likeness (QED) is 0.0648. The molecule has 0 saturated carbocycles. The lowest BCUT2D eigenvalue weighted by molar-refractivity contribution is -0.122. The third-order valence-corrected chi connectivity index (χ3v) is 9.17. The number of hydrogen-bond acceptors (Lipinski definition) is 10. The predicted molar refractivity (Wildman–Crippen MR) is 167 cm³/mol. The van der Waals surface area contributed by atoms with Crippen molar-refractivity contribution in [1.29, 1.82) is 0 Å². The SMILES string of the molecule is O=C(CCCCNC(=O)C(CS(=O)(=O)O)NC(=O)c1ccnc2c1ccc1cccnc12)NCCSSc1ccccn1. The Morgan fingerprint density at radius 2 is 1.67 bits per heavy atom. The van der Waals surface area contributed by atoms with Gasteiger partial charge in [-0.2, -0.15) is 8.42 Å². The minimum atomic E-state index is -4.60. The lowest BCUT2D eigenvalue weighted by atomic mass is 10.1. The number of fused-ring (bicyclic) bond motifs is 3. The van der Waals surface area contributed by atoms with Crippen molar-refractivity contribution in [2.24, 2.45) is 0 Å². The molecule has 1 atom stereocenters. The fourth-order valence-corrected chi connectivity index (χ4v) is 6.59. The Bertz CT molecular complexity index is 1690. The summed E-state index contributed by atoms with van der Waals surface area (Å²) in [5, 5.41) is 10.0. The molecule has 0 aliphatic heterocycles. The molecule has 0 saturated heterocycles. The zero-order valence-corrected chi connectivity index (χ0v) is 25.4. The fourth-order valence-electron chi connectivity index (χ4n) is 4.15. The summed E-state index contributed by atoms with van der Waals surface area (Å²) in [5.74, 6) is -1.88. The number of benzene rings is 1. The maximum atomic E-state index is 13.2. The van der Waals surface area contributed by atoms with Gasteiger partial charge in [0.1, 0.15) is 16.8 Å². The van der Waals surface area contributed by atoms with Crippen LogP contribution >= 0.6 is 21.6 Å². The number of carbonyl (C=O) groups is 3. The largest absolute Gasteiger partial charge is 0.355 e. The van der Waals surface area contributed by atoms with Gasteiger partial charge in [0.2, 0.25) is 11.8 Å². The van der Waals surface area contributed by atoms with Crippen LogP contribution in [0.3, 0.4) is 0 Å². The number of amides is 3. The van der Waals surface area contributed by atoms with Gasteiger partial charge in [-0.25, -0.2) is 4.98 Å². The molecule has 1 aromatic carbocycles. The first-order valence-corrected chi connectivity index (χ1v) is 17.3. The van der Waals surface area contributed by atoms with Crippen LogP contribution in [-0.2, 0) is 19.7 Å². The molecule has 4 rings (SSSR count). The number of unbranched alkanes of at least 4 members (excludes halogenated alkanes) is 1. The van der Waals surface area contributed by atoms with Gasteiger partial charge in [-0.05, 0) is 47.9 Å². The number of hydrogen-bond donors (Lipinski definition) is 4. The second-order valence-corrected chi connectivity index (χ2v) is 13.3. The molecule has 3 aromatic heterocycles. The molecule has 4 N–H and O–H groups in total. The van der Waals surface area contributed by atoms with Gasteiger partial charge >= 0.3 is 0 Å². The van der Waals surface area contributed by atoms with E-state index in [0.29, 0.717) is 41.6 Å². The molecule has 3 amide bonds. The van der Waals surface area contributed by atoms with Crippen LogP contribution in [0.1, 0.15) is 29.6 Å². The normalized spacial score (nSPS) is 12.1. The van der Waals surface area contributed by atoms with Gasteiger partial charge in [0.05, 0.1) is 16.6 Å². The van der Waals surface area contributed by atoms with Crippen LogP contribution in [0.5, 0.6) is 0 Å². The van der Waals surface area contributed by atoms with E-state index in [2.05, 4.69) is 30.9 Å². The molecular formula is C28H30N6O6S3. The first-order chi connectivity index (χ1) is 20.7. The zero-order valence-electron chi connectivity index (χ0n) is 22.9. The van der Waals surface area contributed by atoms with E-state index in [1.54, 1.807) is 41.4 Å². The van der Waals surface area contributed by atoms with E-state index in [9.17, 15) is 27.4 Å². The molecule has 0 aliphatic rings. The van der Waals surface area contributed by atoms with Crippen LogP contribution in [0, 0.1) is 0 Å². The molecule has 12 nitrogen and oxygen atoms in total. The van der Waals surface area contributed by atoms with E-state index >= 15 is 0 Å². The molecule has 0 spiro atoms. The van der Waals surface area contributed by atoms with Crippen molar-refractivity contribution in [3.63, 3.8) is 0 Å². The Kier molecular flexibility index (Phi) is 11.7. The summed E-state index contributed by atoms with van der Waals surface area (Å²) in [6.45, 7) is 0.660. The summed E-state index contributed by atoms with van der Waals surface area (Å²) in [4.78, 5) is 51.0. The van der Waals surface area contributed by atoms with E-state index in [1.165, 1.54) is 23.1 Å². The topological polar surface area (TPSA) is 180 Å². The number of rotatable bonds is 15. The minimum Gasteiger partial charge on any atom is -0.355 e. The molecule has 4 aromatic rings. The van der Waals surface area contributed by atoms with E-state index in [4.69, 9.17) is 0 Å². The first-order valence-electron chi connectivity index (χ1n) is 13.3.